The number of benzene rings is 1. The van der Waals surface area contributed by atoms with Crippen LogP contribution in [0.4, 0.5) is 20.6 Å². The van der Waals surface area contributed by atoms with Crippen LogP contribution in [0.25, 0.3) is 0 Å². The zero-order valence-electron chi connectivity index (χ0n) is 18.9. The van der Waals surface area contributed by atoms with Gasteiger partial charge in [0.15, 0.2) is 5.82 Å². The number of pyridine rings is 1. The molecular formula is C22H30FN5O3S. The van der Waals surface area contributed by atoms with Crippen LogP contribution in [0.5, 0.6) is 0 Å². The first-order chi connectivity index (χ1) is 15.1. The molecule has 1 aliphatic rings. The second-order valence-corrected chi connectivity index (χ2v) is 10.3. The van der Waals surface area contributed by atoms with Crippen molar-refractivity contribution in [1.29, 1.82) is 0 Å². The van der Waals surface area contributed by atoms with Gasteiger partial charge in [0.2, 0.25) is 10.0 Å². The van der Waals surface area contributed by atoms with Crippen LogP contribution in [0, 0.1) is 19.7 Å². The lowest BCUT2D eigenvalue weighted by Gasteiger charge is -2.38. The average molecular weight is 464 g/mol. The van der Waals surface area contributed by atoms with Crippen molar-refractivity contribution in [1.82, 2.24) is 14.2 Å². The lowest BCUT2D eigenvalue weighted by molar-refractivity contribution is 0.137. The van der Waals surface area contributed by atoms with Gasteiger partial charge in [-0.25, -0.2) is 17.6 Å². The molecule has 0 aliphatic carbocycles. The number of amides is 2. The highest BCUT2D eigenvalue weighted by Crippen LogP contribution is 2.22. The number of piperazine rings is 1. The first-order valence-electron chi connectivity index (χ1n) is 10.6. The highest BCUT2D eigenvalue weighted by atomic mass is 32.2. The number of aromatic nitrogens is 1. The predicted octanol–water partition coefficient (Wildman–Crippen LogP) is 3.34. The number of hydrogen-bond donors (Lipinski definition) is 2. The van der Waals surface area contributed by atoms with Gasteiger partial charge in [-0.3, -0.25) is 9.88 Å². The summed E-state index contributed by atoms with van der Waals surface area (Å²) in [4.78, 5) is 18.7. The van der Waals surface area contributed by atoms with E-state index < -0.39 is 21.9 Å². The number of anilines is 2. The van der Waals surface area contributed by atoms with Crippen LogP contribution in [0.1, 0.15) is 30.8 Å². The fraction of sp³-hybridized carbons (Fsp3) is 0.455. The van der Waals surface area contributed by atoms with Gasteiger partial charge in [-0.2, -0.15) is 4.31 Å². The highest BCUT2D eigenvalue weighted by molar-refractivity contribution is 7.89. The molecular weight excluding hydrogens is 433 g/mol. The summed E-state index contributed by atoms with van der Waals surface area (Å²) in [5, 5.41) is 5.27. The van der Waals surface area contributed by atoms with Gasteiger partial charge < -0.3 is 10.6 Å². The van der Waals surface area contributed by atoms with E-state index >= 15 is 4.39 Å². The molecule has 2 N–H and O–H groups in total. The number of sulfonamides is 1. The molecule has 2 amide bonds. The van der Waals surface area contributed by atoms with Gasteiger partial charge in [-0.05, 0) is 45.9 Å². The Morgan fingerprint density at radius 3 is 2.50 bits per heavy atom. The van der Waals surface area contributed by atoms with Crippen LogP contribution in [0.2, 0.25) is 0 Å². The fourth-order valence-corrected chi connectivity index (χ4v) is 5.28. The minimum atomic E-state index is -3.25. The second kappa shape index (κ2) is 9.93. The Kier molecular flexibility index (Phi) is 7.47. The molecule has 1 aromatic heterocycles. The summed E-state index contributed by atoms with van der Waals surface area (Å²) in [7, 11) is -3.25. The van der Waals surface area contributed by atoms with Gasteiger partial charge in [-0.15, -0.1) is 0 Å². The van der Waals surface area contributed by atoms with Gasteiger partial charge >= 0.3 is 6.03 Å². The molecule has 8 nitrogen and oxygen atoms in total. The van der Waals surface area contributed by atoms with Crippen LogP contribution in [0.15, 0.2) is 30.3 Å². The topological polar surface area (TPSA) is 94.6 Å². The predicted molar refractivity (Wildman–Crippen MR) is 124 cm³/mol. The maximum atomic E-state index is 15.1. The third-order valence-electron chi connectivity index (χ3n) is 5.43. The zero-order valence-corrected chi connectivity index (χ0v) is 19.7. The average Bonchev–Trinajstić information content (AvgIpc) is 2.70. The fourth-order valence-electron chi connectivity index (χ4n) is 3.97. The number of urea groups is 1. The van der Waals surface area contributed by atoms with E-state index in [9.17, 15) is 13.2 Å². The third kappa shape index (κ3) is 5.81. The summed E-state index contributed by atoms with van der Waals surface area (Å²) in [6, 6.07) is 7.62. The maximum absolute atomic E-state index is 15.1. The van der Waals surface area contributed by atoms with E-state index in [2.05, 4.69) is 15.6 Å². The lowest BCUT2D eigenvalue weighted by Crippen LogP contribution is -2.53. The van der Waals surface area contributed by atoms with Crippen molar-refractivity contribution in [2.75, 3.05) is 36.0 Å². The Bertz CT molecular complexity index is 1070. The molecule has 0 saturated carbocycles. The summed E-state index contributed by atoms with van der Waals surface area (Å²) < 4.78 is 41.0. The number of carbonyl (C=O) groups is 1. The molecule has 32 heavy (non-hydrogen) atoms. The van der Waals surface area contributed by atoms with E-state index in [-0.39, 0.29) is 17.5 Å². The second-order valence-electron chi connectivity index (χ2n) is 8.09. The van der Waals surface area contributed by atoms with Crippen LogP contribution in [-0.4, -0.2) is 60.1 Å². The van der Waals surface area contributed by atoms with Crippen molar-refractivity contribution in [3.63, 3.8) is 0 Å². The van der Waals surface area contributed by atoms with E-state index in [0.717, 1.165) is 11.4 Å². The standard InChI is InChI=1S/C22H30FN5O3S/c1-5-32(30,31)28-10-9-27(13-17(28)4)14-18-7-6-8-20(21(18)23)26-22(29)25-19-11-15(2)24-16(3)12-19/h6-8,11-12,17H,5,9-10,13-14H2,1-4H3,(H2,24,25,26,29). The van der Waals surface area contributed by atoms with E-state index in [1.54, 1.807) is 31.2 Å². The maximum Gasteiger partial charge on any atom is 0.323 e. The number of rotatable bonds is 6. The molecule has 2 heterocycles. The summed E-state index contributed by atoms with van der Waals surface area (Å²) >= 11 is 0. The molecule has 0 bridgehead atoms. The summed E-state index contributed by atoms with van der Waals surface area (Å²) in [6.45, 7) is 8.89. The normalized spacial score (nSPS) is 17.8. The molecule has 174 valence electrons. The van der Waals surface area contributed by atoms with Gasteiger partial charge in [-0.1, -0.05) is 12.1 Å². The van der Waals surface area contributed by atoms with E-state index in [0.29, 0.717) is 37.4 Å². The highest BCUT2D eigenvalue weighted by Gasteiger charge is 2.31. The van der Waals surface area contributed by atoms with Gasteiger partial charge in [0, 0.05) is 54.9 Å². The number of hydrogen-bond acceptors (Lipinski definition) is 5. The first-order valence-corrected chi connectivity index (χ1v) is 12.2. The van der Waals surface area contributed by atoms with Crippen molar-refractivity contribution < 1.29 is 17.6 Å². The molecule has 1 aromatic carbocycles. The largest absolute Gasteiger partial charge is 0.323 e. The number of carbonyl (C=O) groups excluding carboxylic acids is 1. The Labute approximate surface area is 188 Å². The van der Waals surface area contributed by atoms with Crippen molar-refractivity contribution >= 4 is 27.4 Å². The zero-order chi connectivity index (χ0) is 23.5. The molecule has 3 rings (SSSR count). The SMILES string of the molecule is CCS(=O)(=O)N1CCN(Cc2cccc(NC(=O)Nc3cc(C)nc(C)c3)c2F)CC1C. The molecule has 1 saturated heterocycles. The van der Waals surface area contributed by atoms with Crippen LogP contribution in [-0.2, 0) is 16.6 Å². The van der Waals surface area contributed by atoms with Crippen molar-refractivity contribution in [2.45, 2.75) is 40.3 Å². The Morgan fingerprint density at radius 1 is 1.19 bits per heavy atom. The molecule has 2 aromatic rings. The minimum Gasteiger partial charge on any atom is -0.308 e. The van der Waals surface area contributed by atoms with Crippen LogP contribution < -0.4 is 10.6 Å². The van der Waals surface area contributed by atoms with Gasteiger partial charge in [0.25, 0.3) is 0 Å². The number of aryl methyl sites for hydroxylation is 2. The van der Waals surface area contributed by atoms with E-state index in [1.165, 1.54) is 10.4 Å². The Morgan fingerprint density at radius 2 is 1.88 bits per heavy atom. The van der Waals surface area contributed by atoms with Crippen molar-refractivity contribution in [3.8, 4) is 0 Å². The monoisotopic (exact) mass is 463 g/mol. The first kappa shape index (κ1) is 24.1. The molecule has 10 heteroatoms. The van der Waals surface area contributed by atoms with E-state index in [1.807, 2.05) is 25.7 Å². The molecule has 1 fully saturated rings. The summed E-state index contributed by atoms with van der Waals surface area (Å²) in [6.07, 6.45) is 0. The lowest BCUT2D eigenvalue weighted by atomic mass is 10.1. The quantitative estimate of drug-likeness (QED) is 0.685. The van der Waals surface area contributed by atoms with E-state index in [4.69, 9.17) is 0 Å². The minimum absolute atomic E-state index is 0.0698. The van der Waals surface area contributed by atoms with Crippen LogP contribution >= 0.6 is 0 Å². The number of nitrogens with one attached hydrogen (secondary N) is 2. The smallest absolute Gasteiger partial charge is 0.308 e. The van der Waals surface area contributed by atoms with Crippen molar-refractivity contribution in [2.24, 2.45) is 0 Å². The van der Waals surface area contributed by atoms with Crippen molar-refractivity contribution in [3.05, 3.63) is 53.1 Å². The van der Waals surface area contributed by atoms with Gasteiger partial charge in [0.1, 0.15) is 0 Å². The molecule has 0 radical (unpaired) electrons. The van der Waals surface area contributed by atoms with Gasteiger partial charge in [0.05, 0.1) is 11.4 Å². The third-order valence-corrected chi connectivity index (χ3v) is 7.42. The summed E-state index contributed by atoms with van der Waals surface area (Å²) in [5.74, 6) is -0.429. The number of halogens is 1. The molecule has 1 aliphatic heterocycles. The number of nitrogens with zero attached hydrogens (tertiary/aromatic N) is 3. The summed E-state index contributed by atoms with van der Waals surface area (Å²) in [5.41, 5.74) is 2.65. The molecule has 1 atom stereocenters. The Hall–Kier alpha value is -2.56. The Balaban J connectivity index is 1.65. The molecule has 1 unspecified atom stereocenters. The van der Waals surface area contributed by atoms with Crippen LogP contribution in [0.3, 0.4) is 0 Å². The molecule has 0 spiro atoms.